The Hall–Kier alpha value is -2.56. The van der Waals surface area contributed by atoms with Gasteiger partial charge in [-0.25, -0.2) is 4.39 Å². The SMILES string of the molecule is CC[C@@H](Oc1ccccc1F)C(=O)N[C@H](C)c1ccc(N2CCC[C@@H](C)C2)cc1. The smallest absolute Gasteiger partial charge is 0.261 e. The highest BCUT2D eigenvalue weighted by molar-refractivity contribution is 5.81. The zero-order valence-electron chi connectivity index (χ0n) is 17.5. The number of ether oxygens (including phenoxy) is 1. The maximum absolute atomic E-state index is 13.8. The predicted octanol–water partition coefficient (Wildman–Crippen LogP) is 5.10. The van der Waals surface area contributed by atoms with Crippen molar-refractivity contribution in [2.24, 2.45) is 5.92 Å². The Balaban J connectivity index is 1.60. The normalized spacial score (nSPS) is 18.8. The van der Waals surface area contributed by atoms with Crippen molar-refractivity contribution < 1.29 is 13.9 Å². The number of halogens is 1. The summed E-state index contributed by atoms with van der Waals surface area (Å²) in [5, 5.41) is 2.99. The molecule has 1 fully saturated rings. The van der Waals surface area contributed by atoms with E-state index in [9.17, 15) is 9.18 Å². The summed E-state index contributed by atoms with van der Waals surface area (Å²) in [5.74, 6) is 0.121. The summed E-state index contributed by atoms with van der Waals surface area (Å²) in [6.07, 6.45) is 2.25. The molecule has 0 spiro atoms. The summed E-state index contributed by atoms with van der Waals surface area (Å²) < 4.78 is 19.4. The van der Waals surface area contributed by atoms with Gasteiger partial charge in [0.2, 0.25) is 0 Å². The van der Waals surface area contributed by atoms with Gasteiger partial charge < -0.3 is 15.0 Å². The molecule has 5 heteroatoms. The van der Waals surface area contributed by atoms with Crippen LogP contribution < -0.4 is 15.0 Å². The van der Waals surface area contributed by atoms with Crippen molar-refractivity contribution in [3.8, 4) is 5.75 Å². The molecule has 156 valence electrons. The molecule has 1 heterocycles. The van der Waals surface area contributed by atoms with Crippen LogP contribution in [0.1, 0.15) is 51.6 Å². The van der Waals surface area contributed by atoms with Gasteiger partial charge in [0, 0.05) is 18.8 Å². The Kier molecular flexibility index (Phi) is 7.13. The quantitative estimate of drug-likeness (QED) is 0.706. The average molecular weight is 399 g/mol. The zero-order valence-corrected chi connectivity index (χ0v) is 17.5. The van der Waals surface area contributed by atoms with Crippen LogP contribution in [0.2, 0.25) is 0 Å². The highest BCUT2D eigenvalue weighted by Gasteiger charge is 2.22. The number of hydrogen-bond donors (Lipinski definition) is 1. The fourth-order valence-corrected chi connectivity index (χ4v) is 3.80. The first-order chi connectivity index (χ1) is 14.0. The van der Waals surface area contributed by atoms with Gasteiger partial charge in [0.15, 0.2) is 17.7 Å². The van der Waals surface area contributed by atoms with Crippen LogP contribution in [0.5, 0.6) is 5.75 Å². The van der Waals surface area contributed by atoms with Crippen molar-refractivity contribution in [3.05, 3.63) is 59.9 Å². The van der Waals surface area contributed by atoms with Crippen LogP contribution in [0.4, 0.5) is 10.1 Å². The van der Waals surface area contributed by atoms with Gasteiger partial charge in [0.05, 0.1) is 6.04 Å². The molecule has 1 aliphatic heterocycles. The molecule has 0 bridgehead atoms. The number of carbonyl (C=O) groups is 1. The van der Waals surface area contributed by atoms with E-state index in [4.69, 9.17) is 4.74 Å². The molecule has 0 radical (unpaired) electrons. The standard InChI is InChI=1S/C24H31FN2O2/c1-4-22(29-23-10-6-5-9-21(23)25)24(28)26-18(3)19-11-13-20(14-12-19)27-15-7-8-17(2)16-27/h5-6,9-14,17-18,22H,4,7-8,15-16H2,1-3H3,(H,26,28)/t17-,18-,22-/m1/s1. The fraction of sp³-hybridized carbons (Fsp3) is 0.458. The van der Waals surface area contributed by atoms with E-state index < -0.39 is 11.9 Å². The zero-order chi connectivity index (χ0) is 20.8. The lowest BCUT2D eigenvalue weighted by Gasteiger charge is -2.33. The second-order valence-electron chi connectivity index (χ2n) is 7.96. The summed E-state index contributed by atoms with van der Waals surface area (Å²) in [5.41, 5.74) is 2.26. The van der Waals surface area contributed by atoms with Crippen LogP contribution in [-0.4, -0.2) is 25.1 Å². The number of anilines is 1. The average Bonchev–Trinajstić information content (AvgIpc) is 2.73. The Morgan fingerprint density at radius 1 is 1.24 bits per heavy atom. The molecule has 4 nitrogen and oxygen atoms in total. The van der Waals surface area contributed by atoms with Crippen molar-refractivity contribution in [1.29, 1.82) is 0 Å². The Morgan fingerprint density at radius 2 is 1.97 bits per heavy atom. The van der Waals surface area contributed by atoms with Crippen LogP contribution in [0.25, 0.3) is 0 Å². The van der Waals surface area contributed by atoms with Crippen molar-refractivity contribution in [2.45, 2.75) is 52.2 Å². The predicted molar refractivity (Wildman–Crippen MR) is 115 cm³/mol. The molecule has 1 amide bonds. The van der Waals surface area contributed by atoms with Crippen molar-refractivity contribution in [2.75, 3.05) is 18.0 Å². The highest BCUT2D eigenvalue weighted by Crippen LogP contribution is 2.25. The Morgan fingerprint density at radius 3 is 2.62 bits per heavy atom. The van der Waals surface area contributed by atoms with Crippen LogP contribution in [0.3, 0.4) is 0 Å². The van der Waals surface area contributed by atoms with Crippen molar-refractivity contribution >= 4 is 11.6 Å². The molecule has 1 N–H and O–H groups in total. The molecular weight excluding hydrogens is 367 g/mol. The lowest BCUT2D eigenvalue weighted by Crippen LogP contribution is -2.39. The van der Waals surface area contributed by atoms with E-state index in [1.54, 1.807) is 12.1 Å². The molecular formula is C24H31FN2O2. The number of nitrogens with one attached hydrogen (secondary N) is 1. The minimum atomic E-state index is -0.733. The van der Waals surface area contributed by atoms with Crippen molar-refractivity contribution in [1.82, 2.24) is 5.32 Å². The summed E-state index contributed by atoms with van der Waals surface area (Å²) >= 11 is 0. The Bertz CT molecular complexity index is 809. The number of nitrogens with zero attached hydrogens (tertiary/aromatic N) is 1. The van der Waals surface area contributed by atoms with Gasteiger partial charge in [-0.1, -0.05) is 38.1 Å². The van der Waals surface area contributed by atoms with E-state index in [1.807, 2.05) is 13.8 Å². The summed E-state index contributed by atoms with van der Waals surface area (Å²) in [4.78, 5) is 15.1. The molecule has 3 rings (SSSR count). The molecule has 1 saturated heterocycles. The van der Waals surface area contributed by atoms with Crippen LogP contribution >= 0.6 is 0 Å². The first kappa shape index (κ1) is 21.2. The number of para-hydroxylation sites is 1. The van der Waals surface area contributed by atoms with E-state index in [0.717, 1.165) is 24.6 Å². The van der Waals surface area contributed by atoms with E-state index in [0.29, 0.717) is 6.42 Å². The van der Waals surface area contributed by atoms with E-state index in [-0.39, 0.29) is 17.7 Å². The third kappa shape index (κ3) is 5.49. The highest BCUT2D eigenvalue weighted by atomic mass is 19.1. The minimum absolute atomic E-state index is 0.0993. The topological polar surface area (TPSA) is 41.6 Å². The molecule has 3 atom stereocenters. The third-order valence-electron chi connectivity index (χ3n) is 5.54. The van der Waals surface area contributed by atoms with Gasteiger partial charge in [-0.3, -0.25) is 4.79 Å². The molecule has 1 aliphatic rings. The number of rotatable bonds is 7. The third-order valence-corrected chi connectivity index (χ3v) is 5.54. The van der Waals surface area contributed by atoms with Crippen molar-refractivity contribution in [3.63, 3.8) is 0 Å². The largest absolute Gasteiger partial charge is 0.478 e. The van der Waals surface area contributed by atoms with Gasteiger partial charge in [-0.05, 0) is 61.9 Å². The minimum Gasteiger partial charge on any atom is -0.478 e. The summed E-state index contributed by atoms with van der Waals surface area (Å²) in [7, 11) is 0. The molecule has 0 saturated carbocycles. The molecule has 0 aromatic heterocycles. The molecule has 2 aromatic carbocycles. The monoisotopic (exact) mass is 398 g/mol. The lowest BCUT2D eigenvalue weighted by atomic mass is 9.99. The lowest BCUT2D eigenvalue weighted by molar-refractivity contribution is -0.128. The van der Waals surface area contributed by atoms with E-state index in [1.165, 1.54) is 30.7 Å². The molecule has 29 heavy (non-hydrogen) atoms. The second-order valence-corrected chi connectivity index (χ2v) is 7.96. The van der Waals surface area contributed by atoms with Gasteiger partial charge >= 0.3 is 0 Å². The van der Waals surface area contributed by atoms with E-state index in [2.05, 4.69) is 41.4 Å². The fourth-order valence-electron chi connectivity index (χ4n) is 3.80. The van der Waals surface area contributed by atoms with Gasteiger partial charge in [0.25, 0.3) is 5.91 Å². The van der Waals surface area contributed by atoms with Crippen LogP contribution in [-0.2, 0) is 4.79 Å². The number of benzene rings is 2. The van der Waals surface area contributed by atoms with Gasteiger partial charge in [0.1, 0.15) is 0 Å². The summed E-state index contributed by atoms with van der Waals surface area (Å²) in [6, 6.07) is 14.4. The second kappa shape index (κ2) is 9.77. The number of carbonyl (C=O) groups excluding carboxylic acids is 1. The number of hydrogen-bond acceptors (Lipinski definition) is 3. The maximum atomic E-state index is 13.8. The van der Waals surface area contributed by atoms with Gasteiger partial charge in [-0.2, -0.15) is 0 Å². The Labute approximate surface area is 173 Å². The first-order valence-corrected chi connectivity index (χ1v) is 10.5. The van der Waals surface area contributed by atoms with Gasteiger partial charge in [-0.15, -0.1) is 0 Å². The first-order valence-electron chi connectivity index (χ1n) is 10.5. The molecule has 2 aromatic rings. The number of amides is 1. The maximum Gasteiger partial charge on any atom is 0.261 e. The molecule has 0 aliphatic carbocycles. The van der Waals surface area contributed by atoms with Crippen LogP contribution in [0.15, 0.2) is 48.5 Å². The number of piperidine rings is 1. The van der Waals surface area contributed by atoms with E-state index >= 15 is 0 Å². The van der Waals surface area contributed by atoms with Crippen LogP contribution in [0, 0.1) is 11.7 Å². The summed E-state index contributed by atoms with van der Waals surface area (Å²) in [6.45, 7) is 8.29. The molecule has 0 unspecified atom stereocenters.